The SMILES string of the molecule is CCCCOc1ccc(/C=C/C(=O)Nc2cc(S(=O)(=O)N(C)C)ccc2OC)cc1OC. The van der Waals surface area contributed by atoms with Crippen molar-refractivity contribution in [2.45, 2.75) is 24.7 Å². The van der Waals surface area contributed by atoms with E-state index in [1.165, 1.54) is 45.5 Å². The van der Waals surface area contributed by atoms with Crippen LogP contribution >= 0.6 is 0 Å². The van der Waals surface area contributed by atoms with E-state index < -0.39 is 15.9 Å². The van der Waals surface area contributed by atoms with Crippen LogP contribution in [0.4, 0.5) is 5.69 Å². The van der Waals surface area contributed by atoms with Crippen LogP contribution in [0.5, 0.6) is 17.2 Å². The van der Waals surface area contributed by atoms with E-state index in [-0.39, 0.29) is 10.6 Å². The van der Waals surface area contributed by atoms with Gasteiger partial charge >= 0.3 is 0 Å². The predicted molar refractivity (Wildman–Crippen MR) is 125 cm³/mol. The number of ether oxygens (including phenoxy) is 3. The molecule has 9 heteroatoms. The number of carbonyl (C=O) groups excluding carboxylic acids is 1. The molecule has 0 aliphatic heterocycles. The quantitative estimate of drug-likeness (QED) is 0.403. The fraction of sp³-hybridized carbons (Fsp3) is 0.348. The Bertz CT molecular complexity index is 1060. The third kappa shape index (κ3) is 6.48. The second-order valence-corrected chi connectivity index (χ2v) is 9.24. The van der Waals surface area contributed by atoms with Gasteiger partial charge in [-0.25, -0.2) is 12.7 Å². The van der Waals surface area contributed by atoms with Crippen molar-refractivity contribution in [2.75, 3.05) is 40.2 Å². The lowest BCUT2D eigenvalue weighted by molar-refractivity contribution is -0.111. The molecular formula is C23H30N2O6S. The first kappa shape index (κ1) is 25.2. The van der Waals surface area contributed by atoms with Crippen LogP contribution in [0.3, 0.4) is 0 Å². The Morgan fingerprint density at radius 3 is 2.34 bits per heavy atom. The summed E-state index contributed by atoms with van der Waals surface area (Å²) in [4.78, 5) is 12.5. The maximum Gasteiger partial charge on any atom is 0.248 e. The first-order valence-corrected chi connectivity index (χ1v) is 11.6. The summed E-state index contributed by atoms with van der Waals surface area (Å²) in [5.74, 6) is 1.13. The van der Waals surface area contributed by atoms with Gasteiger partial charge in [0.1, 0.15) is 5.75 Å². The summed E-state index contributed by atoms with van der Waals surface area (Å²) >= 11 is 0. The molecule has 0 unspecified atom stereocenters. The average molecular weight is 463 g/mol. The zero-order valence-electron chi connectivity index (χ0n) is 19.0. The monoisotopic (exact) mass is 462 g/mol. The zero-order valence-corrected chi connectivity index (χ0v) is 19.9. The van der Waals surface area contributed by atoms with Gasteiger partial charge in [-0.2, -0.15) is 0 Å². The number of nitrogens with zero attached hydrogens (tertiary/aromatic N) is 1. The third-order valence-corrected chi connectivity index (χ3v) is 6.39. The number of carbonyl (C=O) groups is 1. The van der Waals surface area contributed by atoms with Gasteiger partial charge in [0.05, 0.1) is 31.4 Å². The second-order valence-electron chi connectivity index (χ2n) is 7.08. The lowest BCUT2D eigenvalue weighted by Gasteiger charge is -2.14. The van der Waals surface area contributed by atoms with Crippen LogP contribution in [0.15, 0.2) is 47.4 Å². The molecule has 0 fully saturated rings. The smallest absolute Gasteiger partial charge is 0.248 e. The molecule has 0 atom stereocenters. The fourth-order valence-electron chi connectivity index (χ4n) is 2.74. The van der Waals surface area contributed by atoms with Crippen LogP contribution in [0, 0.1) is 0 Å². The van der Waals surface area contributed by atoms with E-state index in [1.54, 1.807) is 25.3 Å². The van der Waals surface area contributed by atoms with Crippen LogP contribution < -0.4 is 19.5 Å². The Kier molecular flexibility index (Phi) is 9.10. The summed E-state index contributed by atoms with van der Waals surface area (Å²) in [6.07, 6.45) is 4.96. The first-order chi connectivity index (χ1) is 15.2. The van der Waals surface area contributed by atoms with Crippen molar-refractivity contribution >= 4 is 27.7 Å². The maximum atomic E-state index is 12.5. The number of unbranched alkanes of at least 4 members (excludes halogenated alkanes) is 1. The Morgan fingerprint density at radius 2 is 1.72 bits per heavy atom. The highest BCUT2D eigenvalue weighted by molar-refractivity contribution is 7.89. The minimum Gasteiger partial charge on any atom is -0.495 e. The van der Waals surface area contributed by atoms with Crippen molar-refractivity contribution in [1.29, 1.82) is 0 Å². The molecule has 0 aromatic heterocycles. The minimum atomic E-state index is -3.65. The zero-order chi connectivity index (χ0) is 23.7. The Labute approximate surface area is 189 Å². The van der Waals surface area contributed by atoms with Gasteiger partial charge in [-0.15, -0.1) is 0 Å². The standard InChI is InChI=1S/C23H30N2O6S/c1-6-7-14-31-21-11-8-17(15-22(21)30-5)9-13-23(26)24-19-16-18(10-12-20(19)29-4)32(27,28)25(2)3/h8-13,15-16H,6-7,14H2,1-5H3,(H,24,26)/b13-9+. The highest BCUT2D eigenvalue weighted by atomic mass is 32.2. The molecule has 0 saturated carbocycles. The van der Waals surface area contributed by atoms with Gasteiger partial charge in [0, 0.05) is 20.2 Å². The summed E-state index contributed by atoms with van der Waals surface area (Å²) in [5.41, 5.74) is 0.998. The van der Waals surface area contributed by atoms with Gasteiger partial charge < -0.3 is 19.5 Å². The van der Waals surface area contributed by atoms with Crippen LogP contribution in [0.25, 0.3) is 6.08 Å². The van der Waals surface area contributed by atoms with E-state index in [0.717, 1.165) is 22.7 Å². The summed E-state index contributed by atoms with van der Waals surface area (Å²) < 4.78 is 42.2. The van der Waals surface area contributed by atoms with Crippen molar-refractivity contribution in [2.24, 2.45) is 0 Å². The summed E-state index contributed by atoms with van der Waals surface area (Å²) in [6.45, 7) is 2.70. The molecule has 0 aliphatic rings. The molecule has 0 bridgehead atoms. The van der Waals surface area contributed by atoms with Crippen molar-refractivity contribution in [3.63, 3.8) is 0 Å². The Balaban J connectivity index is 2.18. The van der Waals surface area contributed by atoms with Crippen molar-refractivity contribution in [1.82, 2.24) is 4.31 Å². The number of benzene rings is 2. The molecule has 1 amide bonds. The minimum absolute atomic E-state index is 0.0472. The van der Waals surface area contributed by atoms with E-state index in [9.17, 15) is 13.2 Å². The van der Waals surface area contributed by atoms with E-state index in [0.29, 0.717) is 23.9 Å². The molecule has 2 rings (SSSR count). The van der Waals surface area contributed by atoms with Crippen LogP contribution in [0.1, 0.15) is 25.3 Å². The van der Waals surface area contributed by atoms with E-state index in [1.807, 2.05) is 6.07 Å². The number of methoxy groups -OCH3 is 2. The van der Waals surface area contributed by atoms with Gasteiger partial charge in [0.15, 0.2) is 11.5 Å². The first-order valence-electron chi connectivity index (χ1n) is 10.1. The molecule has 8 nitrogen and oxygen atoms in total. The van der Waals surface area contributed by atoms with Gasteiger partial charge in [0.25, 0.3) is 0 Å². The maximum absolute atomic E-state index is 12.5. The lowest BCUT2D eigenvalue weighted by atomic mass is 10.2. The van der Waals surface area contributed by atoms with E-state index >= 15 is 0 Å². The van der Waals surface area contributed by atoms with Crippen molar-refractivity contribution in [3.8, 4) is 17.2 Å². The molecular weight excluding hydrogens is 432 g/mol. The summed E-state index contributed by atoms with van der Waals surface area (Å²) in [6, 6.07) is 9.68. The predicted octanol–water partition coefficient (Wildman–Crippen LogP) is 3.78. The molecule has 0 spiro atoms. The number of amides is 1. The molecule has 0 saturated heterocycles. The molecule has 0 heterocycles. The number of rotatable bonds is 11. The summed E-state index contributed by atoms with van der Waals surface area (Å²) in [7, 11) is 2.23. The van der Waals surface area contributed by atoms with Crippen LogP contribution in [-0.2, 0) is 14.8 Å². The van der Waals surface area contributed by atoms with Crippen LogP contribution in [-0.4, -0.2) is 53.6 Å². The van der Waals surface area contributed by atoms with Crippen molar-refractivity contribution in [3.05, 3.63) is 48.0 Å². The second kappa shape index (κ2) is 11.5. The number of nitrogens with one attached hydrogen (secondary N) is 1. The van der Waals surface area contributed by atoms with E-state index in [2.05, 4.69) is 12.2 Å². The number of anilines is 1. The molecule has 0 aliphatic carbocycles. The number of hydrogen-bond acceptors (Lipinski definition) is 6. The Morgan fingerprint density at radius 1 is 1.03 bits per heavy atom. The molecule has 174 valence electrons. The molecule has 2 aromatic carbocycles. The van der Waals surface area contributed by atoms with Gasteiger partial charge in [-0.05, 0) is 48.4 Å². The highest BCUT2D eigenvalue weighted by Gasteiger charge is 2.19. The normalized spacial score (nSPS) is 11.6. The van der Waals surface area contributed by atoms with Crippen molar-refractivity contribution < 1.29 is 27.4 Å². The Hall–Kier alpha value is -3.04. The molecule has 32 heavy (non-hydrogen) atoms. The van der Waals surface area contributed by atoms with Gasteiger partial charge in [-0.1, -0.05) is 19.4 Å². The van der Waals surface area contributed by atoms with E-state index in [4.69, 9.17) is 14.2 Å². The number of sulfonamides is 1. The topological polar surface area (TPSA) is 94.2 Å². The average Bonchev–Trinajstić information content (AvgIpc) is 2.78. The molecule has 1 N–H and O–H groups in total. The summed E-state index contributed by atoms with van der Waals surface area (Å²) in [5, 5.41) is 2.67. The largest absolute Gasteiger partial charge is 0.495 e. The molecule has 0 radical (unpaired) electrons. The van der Waals surface area contributed by atoms with Gasteiger partial charge in [-0.3, -0.25) is 4.79 Å². The van der Waals surface area contributed by atoms with Crippen LogP contribution in [0.2, 0.25) is 0 Å². The fourth-order valence-corrected chi connectivity index (χ4v) is 3.66. The number of hydrogen-bond donors (Lipinski definition) is 1. The highest BCUT2D eigenvalue weighted by Crippen LogP contribution is 2.30. The lowest BCUT2D eigenvalue weighted by Crippen LogP contribution is -2.22. The third-order valence-electron chi connectivity index (χ3n) is 4.58. The molecule has 2 aromatic rings. The van der Waals surface area contributed by atoms with Gasteiger partial charge in [0.2, 0.25) is 15.9 Å².